The van der Waals surface area contributed by atoms with Gasteiger partial charge in [-0.25, -0.2) is 0 Å². The first-order valence-corrected chi connectivity index (χ1v) is 11.0. The molecule has 158 valence electrons. The van der Waals surface area contributed by atoms with Gasteiger partial charge in [-0.2, -0.15) is 0 Å². The van der Waals surface area contributed by atoms with Crippen molar-refractivity contribution < 1.29 is 4.74 Å². The molecule has 3 aromatic carbocycles. The van der Waals surface area contributed by atoms with Crippen LogP contribution < -0.4 is 15.4 Å². The van der Waals surface area contributed by atoms with Crippen LogP contribution in [-0.4, -0.2) is 12.6 Å². The van der Waals surface area contributed by atoms with Crippen LogP contribution >= 0.6 is 0 Å². The van der Waals surface area contributed by atoms with Crippen molar-refractivity contribution in [2.75, 3.05) is 17.7 Å². The quantitative estimate of drug-likeness (QED) is 0.412. The third-order valence-electron chi connectivity index (χ3n) is 6.14. The second-order valence-electron chi connectivity index (χ2n) is 8.20. The molecule has 0 spiro atoms. The van der Waals surface area contributed by atoms with Crippen LogP contribution in [0.3, 0.4) is 0 Å². The molecule has 0 heterocycles. The van der Waals surface area contributed by atoms with Gasteiger partial charge in [0.05, 0.1) is 18.5 Å². The largest absolute Gasteiger partial charge is 0.497 e. The SMILES string of the molecule is COc1ccc(CN(c2ccccc2N)C2(C#Cc3ccccc3)CCCCC2)cc1. The zero-order chi connectivity index (χ0) is 21.5. The molecule has 3 aromatic rings. The fraction of sp³-hybridized carbons (Fsp3) is 0.286. The lowest BCUT2D eigenvalue weighted by Crippen LogP contribution is -2.49. The molecule has 1 aliphatic rings. The molecule has 0 amide bonds. The summed E-state index contributed by atoms with van der Waals surface area (Å²) < 4.78 is 5.35. The van der Waals surface area contributed by atoms with Crippen molar-refractivity contribution in [3.8, 4) is 17.6 Å². The minimum absolute atomic E-state index is 0.247. The third-order valence-corrected chi connectivity index (χ3v) is 6.14. The summed E-state index contributed by atoms with van der Waals surface area (Å²) in [6, 6.07) is 26.7. The molecule has 0 bridgehead atoms. The maximum atomic E-state index is 6.48. The normalized spacial score (nSPS) is 14.9. The topological polar surface area (TPSA) is 38.5 Å². The van der Waals surface area contributed by atoms with Crippen molar-refractivity contribution in [2.24, 2.45) is 0 Å². The molecular formula is C28H30N2O. The molecule has 2 N–H and O–H groups in total. The van der Waals surface area contributed by atoms with Gasteiger partial charge in [0, 0.05) is 12.1 Å². The summed E-state index contributed by atoms with van der Waals surface area (Å²) in [5, 5.41) is 0. The molecule has 4 rings (SSSR count). The van der Waals surface area contributed by atoms with E-state index in [0.717, 1.165) is 42.1 Å². The van der Waals surface area contributed by atoms with Crippen molar-refractivity contribution in [2.45, 2.75) is 44.2 Å². The minimum Gasteiger partial charge on any atom is -0.497 e. The number of hydrogen-bond donors (Lipinski definition) is 1. The van der Waals surface area contributed by atoms with Crippen LogP contribution in [-0.2, 0) is 6.54 Å². The summed E-state index contributed by atoms with van der Waals surface area (Å²) in [7, 11) is 1.70. The summed E-state index contributed by atoms with van der Waals surface area (Å²) in [4.78, 5) is 2.44. The Balaban J connectivity index is 1.78. The lowest BCUT2D eigenvalue weighted by Gasteiger charge is -2.45. The van der Waals surface area contributed by atoms with Crippen molar-refractivity contribution in [1.29, 1.82) is 0 Å². The van der Waals surface area contributed by atoms with E-state index < -0.39 is 0 Å². The summed E-state index contributed by atoms with van der Waals surface area (Å²) in [5.74, 6) is 8.06. The molecule has 0 radical (unpaired) electrons. The first-order chi connectivity index (χ1) is 15.2. The molecule has 31 heavy (non-hydrogen) atoms. The molecule has 0 aliphatic heterocycles. The predicted molar refractivity (Wildman–Crippen MR) is 129 cm³/mol. The lowest BCUT2D eigenvalue weighted by atomic mass is 9.79. The number of nitrogens with two attached hydrogens (primary N) is 1. The highest BCUT2D eigenvalue weighted by Gasteiger charge is 2.37. The Hall–Kier alpha value is -3.38. The second-order valence-corrected chi connectivity index (χ2v) is 8.20. The number of para-hydroxylation sites is 2. The smallest absolute Gasteiger partial charge is 0.118 e. The van der Waals surface area contributed by atoms with Crippen LogP contribution in [0, 0.1) is 11.8 Å². The van der Waals surface area contributed by atoms with Crippen molar-refractivity contribution >= 4 is 11.4 Å². The standard InChI is InChI=1S/C28H30N2O/c1-31-25-16-14-24(15-17-25)22-30(27-13-7-6-12-26(27)29)28(19-8-3-9-20-28)21-18-23-10-4-2-5-11-23/h2,4-7,10-17H,3,8-9,19-20,22,29H2,1H3. The van der Waals surface area contributed by atoms with Gasteiger partial charge in [-0.3, -0.25) is 0 Å². The van der Waals surface area contributed by atoms with E-state index in [4.69, 9.17) is 10.5 Å². The number of benzene rings is 3. The van der Waals surface area contributed by atoms with Gasteiger partial charge < -0.3 is 15.4 Å². The number of nitrogen functional groups attached to an aromatic ring is 1. The highest BCUT2D eigenvalue weighted by atomic mass is 16.5. The Labute approximate surface area is 185 Å². The highest BCUT2D eigenvalue weighted by Crippen LogP contribution is 2.40. The zero-order valence-electron chi connectivity index (χ0n) is 18.2. The monoisotopic (exact) mass is 410 g/mol. The number of rotatable bonds is 5. The number of hydrogen-bond acceptors (Lipinski definition) is 3. The molecule has 1 aliphatic carbocycles. The van der Waals surface area contributed by atoms with Gasteiger partial charge in [0.1, 0.15) is 11.3 Å². The molecule has 1 fully saturated rings. The molecule has 0 atom stereocenters. The van der Waals surface area contributed by atoms with Crippen LogP contribution in [0.5, 0.6) is 5.75 Å². The molecular weight excluding hydrogens is 380 g/mol. The Kier molecular flexibility index (Phi) is 6.48. The van der Waals surface area contributed by atoms with Gasteiger partial charge >= 0.3 is 0 Å². The van der Waals surface area contributed by atoms with Crippen LogP contribution in [0.25, 0.3) is 0 Å². The molecule has 3 nitrogen and oxygen atoms in total. The highest BCUT2D eigenvalue weighted by molar-refractivity contribution is 5.70. The molecule has 0 aromatic heterocycles. The molecule has 0 unspecified atom stereocenters. The molecule has 0 saturated heterocycles. The number of methoxy groups -OCH3 is 1. The van der Waals surface area contributed by atoms with Crippen LogP contribution in [0.15, 0.2) is 78.9 Å². The van der Waals surface area contributed by atoms with E-state index in [2.05, 4.69) is 53.1 Å². The van der Waals surface area contributed by atoms with Gasteiger partial charge in [0.25, 0.3) is 0 Å². The van der Waals surface area contributed by atoms with Gasteiger partial charge in [-0.1, -0.05) is 73.6 Å². The Morgan fingerprint density at radius 3 is 2.23 bits per heavy atom. The predicted octanol–water partition coefficient (Wildman–Crippen LogP) is 6.04. The Morgan fingerprint density at radius 2 is 1.55 bits per heavy atom. The fourth-order valence-corrected chi connectivity index (χ4v) is 4.42. The summed E-state index contributed by atoms with van der Waals surface area (Å²) in [6.07, 6.45) is 5.69. The first-order valence-electron chi connectivity index (χ1n) is 11.0. The van der Waals surface area contributed by atoms with Crippen molar-refractivity contribution in [3.63, 3.8) is 0 Å². The molecule has 3 heteroatoms. The van der Waals surface area contributed by atoms with E-state index >= 15 is 0 Å². The van der Waals surface area contributed by atoms with Crippen molar-refractivity contribution in [1.82, 2.24) is 0 Å². The maximum Gasteiger partial charge on any atom is 0.118 e. The Bertz CT molecular complexity index is 1040. The van der Waals surface area contributed by atoms with E-state index in [1.165, 1.54) is 24.8 Å². The van der Waals surface area contributed by atoms with Gasteiger partial charge in [0.15, 0.2) is 0 Å². The summed E-state index contributed by atoms with van der Waals surface area (Å²) >= 11 is 0. The maximum absolute atomic E-state index is 6.48. The second kappa shape index (κ2) is 9.62. The summed E-state index contributed by atoms with van der Waals surface area (Å²) in [5.41, 5.74) is 10.4. The van der Waals surface area contributed by atoms with E-state index in [1.807, 2.05) is 42.5 Å². The average molecular weight is 411 g/mol. The van der Waals surface area contributed by atoms with E-state index in [1.54, 1.807) is 7.11 Å². The van der Waals surface area contributed by atoms with Crippen LogP contribution in [0.1, 0.15) is 43.2 Å². The first kappa shape index (κ1) is 20.9. The number of ether oxygens (including phenoxy) is 1. The zero-order valence-corrected chi connectivity index (χ0v) is 18.2. The van der Waals surface area contributed by atoms with E-state index in [-0.39, 0.29) is 5.54 Å². The molecule has 1 saturated carbocycles. The lowest BCUT2D eigenvalue weighted by molar-refractivity contribution is 0.342. The van der Waals surface area contributed by atoms with Crippen LogP contribution in [0.4, 0.5) is 11.4 Å². The van der Waals surface area contributed by atoms with E-state index in [0.29, 0.717) is 0 Å². The van der Waals surface area contributed by atoms with Crippen LogP contribution in [0.2, 0.25) is 0 Å². The minimum atomic E-state index is -0.247. The van der Waals surface area contributed by atoms with Crippen molar-refractivity contribution in [3.05, 3.63) is 90.0 Å². The summed E-state index contributed by atoms with van der Waals surface area (Å²) in [6.45, 7) is 0.752. The third kappa shape index (κ3) is 4.86. The average Bonchev–Trinajstić information content (AvgIpc) is 2.83. The van der Waals surface area contributed by atoms with Gasteiger partial charge in [-0.15, -0.1) is 0 Å². The van der Waals surface area contributed by atoms with Gasteiger partial charge in [-0.05, 0) is 54.8 Å². The van der Waals surface area contributed by atoms with E-state index in [9.17, 15) is 0 Å². The van der Waals surface area contributed by atoms with Gasteiger partial charge in [0.2, 0.25) is 0 Å². The Morgan fingerprint density at radius 1 is 0.871 bits per heavy atom. The number of nitrogens with zero attached hydrogens (tertiary/aromatic N) is 1. The number of anilines is 2. The fourth-order valence-electron chi connectivity index (χ4n) is 4.42.